The van der Waals surface area contributed by atoms with Gasteiger partial charge < -0.3 is 5.32 Å². The van der Waals surface area contributed by atoms with Gasteiger partial charge in [0.1, 0.15) is 5.54 Å². The molecule has 2 fully saturated rings. The number of hydrogen-bond acceptors (Lipinski definition) is 4. The number of urea groups is 1. The van der Waals surface area contributed by atoms with Crippen LogP contribution in [0.15, 0.2) is 12.1 Å². The lowest BCUT2D eigenvalue weighted by atomic mass is 9.83. The number of amides is 3. The minimum atomic E-state index is -3.12. The summed E-state index contributed by atoms with van der Waals surface area (Å²) >= 11 is 0. The van der Waals surface area contributed by atoms with E-state index in [1.54, 1.807) is 0 Å². The first-order chi connectivity index (χ1) is 12.3. The maximum atomic E-state index is 13.0. The van der Waals surface area contributed by atoms with Gasteiger partial charge in [0.05, 0.1) is 18.1 Å². The molecule has 0 radical (unpaired) electrons. The molecule has 1 aromatic rings. The summed E-state index contributed by atoms with van der Waals surface area (Å²) in [5.74, 6) is -0.433. The van der Waals surface area contributed by atoms with Gasteiger partial charge in [0.25, 0.3) is 5.91 Å². The third-order valence-corrected chi connectivity index (χ3v) is 7.46. The molecule has 0 aromatic heterocycles. The van der Waals surface area contributed by atoms with Crippen molar-refractivity contribution in [1.29, 1.82) is 0 Å². The molecule has 3 amide bonds. The van der Waals surface area contributed by atoms with Crippen LogP contribution in [0.5, 0.6) is 0 Å². The Bertz CT molecular complexity index is 875. The fourth-order valence-electron chi connectivity index (χ4n) is 3.88. The molecule has 0 aliphatic carbocycles. The number of sulfone groups is 1. The highest BCUT2D eigenvalue weighted by Crippen LogP contribution is 2.33. The number of nitrogens with zero attached hydrogens (tertiary/aromatic N) is 1. The summed E-state index contributed by atoms with van der Waals surface area (Å²) in [6, 6.07) is 3.80. The number of imide groups is 1. The lowest BCUT2D eigenvalue weighted by Gasteiger charge is -2.30. The molecule has 1 spiro atoms. The third kappa shape index (κ3) is 3.61. The Balaban J connectivity index is 1.87. The van der Waals surface area contributed by atoms with Crippen molar-refractivity contribution in [3.8, 4) is 0 Å². The van der Waals surface area contributed by atoms with Gasteiger partial charge in [-0.05, 0) is 54.4 Å². The van der Waals surface area contributed by atoms with E-state index in [1.165, 1.54) is 10.5 Å². The van der Waals surface area contributed by atoms with Crippen LogP contribution < -0.4 is 5.32 Å². The van der Waals surface area contributed by atoms with Crippen molar-refractivity contribution in [2.24, 2.45) is 0 Å². The third-order valence-electron chi connectivity index (χ3n) is 5.80. The van der Waals surface area contributed by atoms with Crippen molar-refractivity contribution in [2.45, 2.75) is 65.0 Å². The molecule has 148 valence electrons. The number of nitrogens with one attached hydrogen (secondary N) is 1. The first-order valence-corrected chi connectivity index (χ1v) is 11.1. The molecule has 2 aliphatic rings. The zero-order valence-electron chi connectivity index (χ0n) is 16.7. The van der Waals surface area contributed by atoms with Crippen molar-refractivity contribution in [3.05, 3.63) is 34.4 Å². The number of carbonyl (C=O) groups is 2. The predicted molar refractivity (Wildman–Crippen MR) is 104 cm³/mol. The van der Waals surface area contributed by atoms with Gasteiger partial charge in [-0.15, -0.1) is 0 Å². The molecule has 27 heavy (non-hydrogen) atoms. The molecule has 3 rings (SSSR count). The van der Waals surface area contributed by atoms with E-state index in [2.05, 4.69) is 38.2 Å². The first-order valence-electron chi connectivity index (χ1n) is 9.30. The number of aryl methyl sites for hydroxylation is 2. The van der Waals surface area contributed by atoms with Crippen LogP contribution in [-0.4, -0.2) is 42.3 Å². The topological polar surface area (TPSA) is 83.6 Å². The standard InChI is InChI=1S/C20H28N2O4S/c1-13-10-15(19(3,4)5)11-14(2)16(13)12-22-17(23)20(21-18(22)24)6-8-27(25,26)9-7-20/h10-11H,6-9,12H2,1-5H3,(H,21,24). The van der Waals surface area contributed by atoms with E-state index in [4.69, 9.17) is 0 Å². The second kappa shape index (κ2) is 6.33. The van der Waals surface area contributed by atoms with Crippen LogP contribution in [0, 0.1) is 13.8 Å². The minimum Gasteiger partial charge on any atom is -0.323 e. The summed E-state index contributed by atoms with van der Waals surface area (Å²) in [4.78, 5) is 26.8. The van der Waals surface area contributed by atoms with E-state index in [0.717, 1.165) is 16.7 Å². The summed E-state index contributed by atoms with van der Waals surface area (Å²) in [7, 11) is -3.12. The molecule has 1 aromatic carbocycles. The fraction of sp³-hybridized carbons (Fsp3) is 0.600. The molecule has 7 heteroatoms. The van der Waals surface area contributed by atoms with Crippen LogP contribution >= 0.6 is 0 Å². The van der Waals surface area contributed by atoms with Gasteiger partial charge in [-0.25, -0.2) is 13.2 Å². The Morgan fingerprint density at radius 2 is 1.59 bits per heavy atom. The summed E-state index contributed by atoms with van der Waals surface area (Å²) in [5, 5.41) is 2.77. The smallest absolute Gasteiger partial charge is 0.323 e. The highest BCUT2D eigenvalue weighted by Gasteiger charge is 2.53. The van der Waals surface area contributed by atoms with Crippen molar-refractivity contribution >= 4 is 21.8 Å². The van der Waals surface area contributed by atoms with Crippen LogP contribution in [-0.2, 0) is 26.6 Å². The number of hydrogen-bond donors (Lipinski definition) is 1. The van der Waals surface area contributed by atoms with E-state index in [-0.39, 0.29) is 42.2 Å². The Labute approximate surface area is 161 Å². The molecule has 0 saturated carbocycles. The summed E-state index contributed by atoms with van der Waals surface area (Å²) in [5.41, 5.74) is 3.24. The molecule has 2 heterocycles. The normalized spacial score (nSPS) is 21.6. The van der Waals surface area contributed by atoms with E-state index < -0.39 is 21.4 Å². The van der Waals surface area contributed by atoms with Crippen molar-refractivity contribution in [3.63, 3.8) is 0 Å². The minimum absolute atomic E-state index is 0.0204. The quantitative estimate of drug-likeness (QED) is 0.784. The largest absolute Gasteiger partial charge is 0.325 e. The average molecular weight is 393 g/mol. The van der Waals surface area contributed by atoms with E-state index >= 15 is 0 Å². The van der Waals surface area contributed by atoms with E-state index in [9.17, 15) is 18.0 Å². The summed E-state index contributed by atoms with van der Waals surface area (Å²) < 4.78 is 23.4. The SMILES string of the molecule is Cc1cc(C(C)(C)C)cc(C)c1CN1C(=O)NC2(CCS(=O)(=O)CC2)C1=O. The molecular weight excluding hydrogens is 364 g/mol. The van der Waals surface area contributed by atoms with Crippen LogP contribution in [0.25, 0.3) is 0 Å². The van der Waals surface area contributed by atoms with Crippen LogP contribution in [0.3, 0.4) is 0 Å². The Hall–Kier alpha value is -1.89. The average Bonchev–Trinajstić information content (AvgIpc) is 2.77. The van der Waals surface area contributed by atoms with Crippen molar-refractivity contribution < 1.29 is 18.0 Å². The fourth-order valence-corrected chi connectivity index (χ4v) is 5.40. The van der Waals surface area contributed by atoms with Gasteiger partial charge in [-0.2, -0.15) is 0 Å². The molecule has 1 N–H and O–H groups in total. The zero-order valence-corrected chi connectivity index (χ0v) is 17.5. The van der Waals surface area contributed by atoms with Gasteiger partial charge in [0, 0.05) is 0 Å². The first kappa shape index (κ1) is 19.9. The van der Waals surface area contributed by atoms with Gasteiger partial charge in [-0.3, -0.25) is 9.69 Å². The predicted octanol–water partition coefficient (Wildman–Crippen LogP) is 2.60. The maximum absolute atomic E-state index is 13.0. The maximum Gasteiger partial charge on any atom is 0.325 e. The Morgan fingerprint density at radius 3 is 2.07 bits per heavy atom. The monoisotopic (exact) mass is 392 g/mol. The van der Waals surface area contributed by atoms with E-state index in [1.807, 2.05) is 13.8 Å². The highest BCUT2D eigenvalue weighted by molar-refractivity contribution is 7.91. The van der Waals surface area contributed by atoms with Gasteiger partial charge >= 0.3 is 6.03 Å². The summed E-state index contributed by atoms with van der Waals surface area (Å²) in [6.45, 7) is 10.7. The Kier molecular flexibility index (Phi) is 4.65. The van der Waals surface area contributed by atoms with Gasteiger partial charge in [0.15, 0.2) is 9.84 Å². The van der Waals surface area contributed by atoms with Crippen molar-refractivity contribution in [1.82, 2.24) is 10.2 Å². The van der Waals surface area contributed by atoms with Gasteiger partial charge in [0.2, 0.25) is 0 Å². The lowest BCUT2D eigenvalue weighted by Crippen LogP contribution is -2.52. The Morgan fingerprint density at radius 1 is 1.07 bits per heavy atom. The lowest BCUT2D eigenvalue weighted by molar-refractivity contribution is -0.132. The second-order valence-corrected chi connectivity index (χ2v) is 11.2. The number of benzene rings is 1. The highest BCUT2D eigenvalue weighted by atomic mass is 32.2. The van der Waals surface area contributed by atoms with Crippen LogP contribution in [0.2, 0.25) is 0 Å². The number of rotatable bonds is 2. The molecule has 6 nitrogen and oxygen atoms in total. The van der Waals surface area contributed by atoms with E-state index in [0.29, 0.717) is 0 Å². The molecular formula is C20H28N2O4S. The number of carbonyl (C=O) groups excluding carboxylic acids is 2. The zero-order chi connectivity index (χ0) is 20.2. The molecule has 0 atom stereocenters. The second-order valence-electron chi connectivity index (χ2n) is 8.89. The molecule has 2 saturated heterocycles. The molecule has 0 bridgehead atoms. The van der Waals surface area contributed by atoms with Gasteiger partial charge in [-0.1, -0.05) is 32.9 Å². The van der Waals surface area contributed by atoms with Crippen molar-refractivity contribution in [2.75, 3.05) is 11.5 Å². The van der Waals surface area contributed by atoms with Crippen LogP contribution in [0.4, 0.5) is 4.79 Å². The van der Waals surface area contributed by atoms with Crippen LogP contribution in [0.1, 0.15) is 55.9 Å². The molecule has 2 aliphatic heterocycles. The summed E-state index contributed by atoms with van der Waals surface area (Å²) in [6.07, 6.45) is 0.300. The molecule has 0 unspecified atom stereocenters.